The van der Waals surface area contributed by atoms with Gasteiger partial charge in [-0.2, -0.15) is 0 Å². The number of anilines is 1. The van der Waals surface area contributed by atoms with Gasteiger partial charge in [0.05, 0.1) is 31.6 Å². The highest BCUT2D eigenvalue weighted by Crippen LogP contribution is 2.35. The molecule has 4 rings (SSSR count). The molecular formula is C23H25N3O3S. The number of carbonyl (C=O) groups excluding carboxylic acids is 1. The minimum absolute atomic E-state index is 0.118. The number of rotatable bonds is 6. The number of allylic oxidation sites excluding steroid dienone is 1. The third-order valence-corrected chi connectivity index (χ3v) is 5.85. The van der Waals surface area contributed by atoms with Crippen molar-refractivity contribution in [1.29, 1.82) is 0 Å². The van der Waals surface area contributed by atoms with Gasteiger partial charge in [0, 0.05) is 29.3 Å². The smallest absolute Gasteiger partial charge is 0.251 e. The van der Waals surface area contributed by atoms with Gasteiger partial charge in [-0.1, -0.05) is 12.1 Å². The summed E-state index contributed by atoms with van der Waals surface area (Å²) in [4.78, 5) is 16.0. The summed E-state index contributed by atoms with van der Waals surface area (Å²) in [5.41, 5.74) is 3.60. The van der Waals surface area contributed by atoms with Crippen molar-refractivity contribution in [2.75, 3.05) is 38.0 Å². The second-order valence-corrected chi connectivity index (χ2v) is 7.86. The lowest BCUT2D eigenvalue weighted by molar-refractivity contribution is 0.0950. The molecule has 2 N–H and O–H groups in total. The van der Waals surface area contributed by atoms with E-state index in [1.54, 1.807) is 18.9 Å². The van der Waals surface area contributed by atoms with Gasteiger partial charge in [-0.3, -0.25) is 4.79 Å². The van der Waals surface area contributed by atoms with E-state index in [9.17, 15) is 4.79 Å². The minimum atomic E-state index is -0.118. The molecule has 2 aromatic carbocycles. The van der Waals surface area contributed by atoms with Crippen LogP contribution in [0.15, 0.2) is 71.1 Å². The molecule has 0 saturated heterocycles. The van der Waals surface area contributed by atoms with Crippen LogP contribution < -0.4 is 20.3 Å². The number of benzene rings is 2. The van der Waals surface area contributed by atoms with Crippen molar-refractivity contribution in [1.82, 2.24) is 10.6 Å². The number of dihydropyridines is 1. The van der Waals surface area contributed by atoms with E-state index in [-0.39, 0.29) is 5.91 Å². The van der Waals surface area contributed by atoms with Crippen molar-refractivity contribution in [2.24, 2.45) is 0 Å². The van der Waals surface area contributed by atoms with Crippen LogP contribution in [0.4, 0.5) is 5.69 Å². The number of carbonyl (C=O) groups is 1. The monoisotopic (exact) mass is 423 g/mol. The molecule has 0 aliphatic carbocycles. The van der Waals surface area contributed by atoms with Crippen LogP contribution in [0, 0.1) is 0 Å². The number of hydrogen-bond donors (Lipinski definition) is 2. The quantitative estimate of drug-likeness (QED) is 0.694. The molecule has 156 valence electrons. The molecule has 2 aromatic rings. The van der Waals surface area contributed by atoms with E-state index < -0.39 is 0 Å². The van der Waals surface area contributed by atoms with Gasteiger partial charge in [-0.15, -0.1) is 11.8 Å². The van der Waals surface area contributed by atoms with Crippen molar-refractivity contribution >= 4 is 23.4 Å². The van der Waals surface area contributed by atoms with Crippen molar-refractivity contribution in [3.63, 3.8) is 0 Å². The Morgan fingerprint density at radius 2 is 2.10 bits per heavy atom. The van der Waals surface area contributed by atoms with Crippen LogP contribution in [0.25, 0.3) is 0 Å². The Labute approximate surface area is 180 Å². The number of amides is 1. The van der Waals surface area contributed by atoms with Crippen LogP contribution in [-0.4, -0.2) is 39.0 Å². The van der Waals surface area contributed by atoms with Crippen LogP contribution in [0.1, 0.15) is 15.9 Å². The molecule has 0 fully saturated rings. The van der Waals surface area contributed by atoms with Crippen LogP contribution >= 0.6 is 11.8 Å². The molecule has 0 aromatic heterocycles. The zero-order valence-electron chi connectivity index (χ0n) is 17.1. The minimum Gasteiger partial charge on any atom is -0.499 e. The summed E-state index contributed by atoms with van der Waals surface area (Å²) >= 11 is 1.70. The molecule has 0 unspecified atom stereocenters. The van der Waals surface area contributed by atoms with Crippen LogP contribution in [-0.2, 0) is 11.3 Å². The lowest BCUT2D eigenvalue weighted by Gasteiger charge is -2.33. The summed E-state index contributed by atoms with van der Waals surface area (Å²) in [6.07, 6.45) is 6.04. The lowest BCUT2D eigenvalue weighted by atomic mass is 10.1. The highest BCUT2D eigenvalue weighted by Gasteiger charge is 2.23. The second kappa shape index (κ2) is 9.17. The van der Waals surface area contributed by atoms with E-state index in [1.807, 2.05) is 48.9 Å². The zero-order valence-corrected chi connectivity index (χ0v) is 17.9. The Kier molecular flexibility index (Phi) is 6.18. The Morgan fingerprint density at radius 3 is 2.87 bits per heavy atom. The van der Waals surface area contributed by atoms with Crippen molar-refractivity contribution in [3.05, 3.63) is 77.3 Å². The summed E-state index contributed by atoms with van der Waals surface area (Å²) in [5.74, 6) is 1.46. The summed E-state index contributed by atoms with van der Waals surface area (Å²) in [5, 5.41) is 6.21. The topological polar surface area (TPSA) is 62.8 Å². The third-order valence-electron chi connectivity index (χ3n) is 5.11. The van der Waals surface area contributed by atoms with E-state index in [0.29, 0.717) is 31.0 Å². The predicted molar refractivity (Wildman–Crippen MR) is 120 cm³/mol. The molecule has 1 amide bonds. The van der Waals surface area contributed by atoms with Gasteiger partial charge >= 0.3 is 0 Å². The number of thioether (sulfide) groups is 1. The van der Waals surface area contributed by atoms with E-state index in [1.165, 1.54) is 4.90 Å². The highest BCUT2D eigenvalue weighted by atomic mass is 32.2. The number of nitrogens with zero attached hydrogens (tertiary/aromatic N) is 1. The molecule has 2 heterocycles. The predicted octanol–water partition coefficient (Wildman–Crippen LogP) is 3.51. The Morgan fingerprint density at radius 1 is 1.27 bits per heavy atom. The van der Waals surface area contributed by atoms with Crippen LogP contribution in [0.3, 0.4) is 0 Å². The summed E-state index contributed by atoms with van der Waals surface area (Å²) in [7, 11) is 1.67. The largest absolute Gasteiger partial charge is 0.499 e. The number of fused-ring (bicyclic) bond motifs is 1. The highest BCUT2D eigenvalue weighted by molar-refractivity contribution is 7.98. The maximum absolute atomic E-state index is 12.7. The first-order valence-electron chi connectivity index (χ1n) is 9.81. The standard InChI is InChI=1S/C23H25N3O3S/c1-28-19-12-18(14-24-15-19)26-9-10-29-22-11-17(5-8-21(22)26)23(27)25-13-16-3-6-20(30-2)7-4-16/h3-8,11-12,14,24H,9-10,13,15H2,1-2H3,(H,25,27). The lowest BCUT2D eigenvalue weighted by Crippen LogP contribution is -2.34. The molecule has 6 nitrogen and oxygen atoms in total. The molecular weight excluding hydrogens is 398 g/mol. The van der Waals surface area contributed by atoms with E-state index in [2.05, 4.69) is 27.7 Å². The van der Waals surface area contributed by atoms with E-state index >= 15 is 0 Å². The fourth-order valence-electron chi connectivity index (χ4n) is 3.46. The van der Waals surface area contributed by atoms with E-state index in [4.69, 9.17) is 9.47 Å². The van der Waals surface area contributed by atoms with Gasteiger partial charge in [-0.05, 0) is 42.2 Å². The summed E-state index contributed by atoms with van der Waals surface area (Å²) in [6.45, 7) is 2.44. The number of hydrogen-bond acceptors (Lipinski definition) is 6. The SMILES string of the molecule is COC1=CC(N2CCOc3cc(C(=O)NCc4ccc(SC)cc4)ccc32)=CNC1. The molecule has 2 aliphatic heterocycles. The average molecular weight is 424 g/mol. The first kappa shape index (κ1) is 20.2. The maximum Gasteiger partial charge on any atom is 0.251 e. The first-order chi connectivity index (χ1) is 14.7. The molecule has 0 radical (unpaired) electrons. The van der Waals surface area contributed by atoms with Crippen molar-refractivity contribution in [3.8, 4) is 5.75 Å². The molecule has 0 atom stereocenters. The van der Waals surface area contributed by atoms with Gasteiger partial charge in [0.15, 0.2) is 0 Å². The molecule has 2 aliphatic rings. The van der Waals surface area contributed by atoms with Gasteiger partial charge in [0.1, 0.15) is 18.1 Å². The van der Waals surface area contributed by atoms with Gasteiger partial charge < -0.3 is 25.0 Å². The van der Waals surface area contributed by atoms with Crippen molar-refractivity contribution in [2.45, 2.75) is 11.4 Å². The Hall–Kier alpha value is -3.06. The number of nitrogens with one attached hydrogen (secondary N) is 2. The Balaban J connectivity index is 1.47. The normalized spacial score (nSPS) is 15.2. The fourth-order valence-corrected chi connectivity index (χ4v) is 3.87. The third kappa shape index (κ3) is 4.41. The maximum atomic E-state index is 12.7. The van der Waals surface area contributed by atoms with Gasteiger partial charge in [0.25, 0.3) is 5.91 Å². The molecule has 0 saturated carbocycles. The summed E-state index contributed by atoms with van der Waals surface area (Å²) < 4.78 is 11.2. The fraction of sp³-hybridized carbons (Fsp3) is 0.261. The molecule has 7 heteroatoms. The number of ether oxygens (including phenoxy) is 2. The average Bonchev–Trinajstić information content (AvgIpc) is 2.82. The molecule has 0 spiro atoms. The van der Waals surface area contributed by atoms with Gasteiger partial charge in [-0.25, -0.2) is 0 Å². The Bertz CT molecular complexity index is 986. The zero-order chi connectivity index (χ0) is 20.9. The second-order valence-electron chi connectivity index (χ2n) is 6.98. The van der Waals surface area contributed by atoms with Gasteiger partial charge in [0.2, 0.25) is 0 Å². The molecule has 30 heavy (non-hydrogen) atoms. The first-order valence-corrected chi connectivity index (χ1v) is 11.0. The van der Waals surface area contributed by atoms with E-state index in [0.717, 1.165) is 29.3 Å². The van der Waals surface area contributed by atoms with Crippen molar-refractivity contribution < 1.29 is 14.3 Å². The molecule has 0 bridgehead atoms. The number of methoxy groups -OCH3 is 1. The summed E-state index contributed by atoms with van der Waals surface area (Å²) in [6, 6.07) is 13.8. The van der Waals surface area contributed by atoms with Crippen LogP contribution in [0.2, 0.25) is 0 Å². The van der Waals surface area contributed by atoms with Crippen LogP contribution in [0.5, 0.6) is 5.75 Å².